The molecule has 5 aromatic rings. The van der Waals surface area contributed by atoms with Crippen LogP contribution in [0.4, 0.5) is 0 Å². The van der Waals surface area contributed by atoms with Gasteiger partial charge >= 0.3 is 23.9 Å². The number of esters is 4. The molecule has 0 saturated heterocycles. The highest BCUT2D eigenvalue weighted by atomic mass is 35.5. The molecule has 0 aliphatic heterocycles. The first-order chi connectivity index (χ1) is 35.9. The minimum absolute atomic E-state index is 0.177. The van der Waals surface area contributed by atoms with Crippen molar-refractivity contribution in [3.8, 4) is 28.7 Å². The predicted octanol–water partition coefficient (Wildman–Crippen LogP) is 15.8. The van der Waals surface area contributed by atoms with Crippen LogP contribution in [0.15, 0.2) is 103 Å². The summed E-state index contributed by atoms with van der Waals surface area (Å²) in [6.45, 7) is 21.8. The molecule has 8 rings (SSSR count). The van der Waals surface area contributed by atoms with E-state index < -0.39 is 23.9 Å². The second-order valence-electron chi connectivity index (χ2n) is 21.0. The quantitative estimate of drug-likeness (QED) is 0.0301. The lowest BCUT2D eigenvalue weighted by molar-refractivity contribution is -0.132. The molecule has 0 amide bonds. The number of carbonyl (C=O) groups excluding carboxylic acids is 4. The van der Waals surface area contributed by atoms with Crippen LogP contribution in [0, 0.1) is 17.8 Å². The second kappa shape index (κ2) is 27.5. The number of alkyl halides is 1. The summed E-state index contributed by atoms with van der Waals surface area (Å²) in [7, 11) is 0. The Morgan fingerprint density at radius 3 is 1.00 bits per heavy atom. The summed E-state index contributed by atoms with van der Waals surface area (Å²) in [5, 5.41) is 0. The Hall–Kier alpha value is -6.33. The summed E-state index contributed by atoms with van der Waals surface area (Å²) >= 11 is 5.76. The van der Waals surface area contributed by atoms with E-state index in [2.05, 4.69) is 117 Å². The van der Waals surface area contributed by atoms with E-state index in [1.165, 1.54) is 63.5 Å². The normalized spacial score (nSPS) is 15.0. The van der Waals surface area contributed by atoms with Crippen molar-refractivity contribution in [2.75, 3.05) is 19.7 Å². The molecule has 3 saturated carbocycles. The van der Waals surface area contributed by atoms with Gasteiger partial charge in [0.1, 0.15) is 39.9 Å². The van der Waals surface area contributed by atoms with E-state index in [1.54, 1.807) is 48.5 Å². The number of ether oxygens (including phenoxy) is 7. The van der Waals surface area contributed by atoms with Gasteiger partial charge in [-0.1, -0.05) is 153 Å². The molecule has 3 fully saturated rings. The Labute approximate surface area is 449 Å². The molecule has 3 atom stereocenters. The average Bonchev–Trinajstić information content (AvgIpc) is 4.21. The van der Waals surface area contributed by atoms with Crippen LogP contribution in [-0.4, -0.2) is 43.5 Å². The minimum Gasteiger partial charge on any atom is -0.477 e. The maximum atomic E-state index is 12.5. The number of halogens is 1. The Morgan fingerprint density at radius 2 is 0.720 bits per heavy atom. The molecule has 0 spiro atoms. The molecule has 402 valence electrons. The first kappa shape index (κ1) is 57.9. The molecule has 3 aliphatic rings. The molecule has 0 unspecified atom stereocenters. The molecule has 0 N–H and O–H groups in total. The number of hydrogen-bond donors (Lipinski definition) is 0. The average molecular weight is 1050 g/mol. The summed E-state index contributed by atoms with van der Waals surface area (Å²) in [5.74, 6) is 5.49. The summed E-state index contributed by atoms with van der Waals surface area (Å²) in [6, 6.07) is 32.2. The number of carbonyl (C=O) groups is 4. The first-order valence-electron chi connectivity index (χ1n) is 26.6. The van der Waals surface area contributed by atoms with Crippen molar-refractivity contribution in [1.29, 1.82) is 0 Å². The van der Waals surface area contributed by atoms with Crippen molar-refractivity contribution in [2.24, 2.45) is 17.8 Å². The molecule has 11 nitrogen and oxygen atoms in total. The molecule has 75 heavy (non-hydrogen) atoms. The van der Waals surface area contributed by atoms with Crippen molar-refractivity contribution in [1.82, 2.24) is 0 Å². The lowest BCUT2D eigenvalue weighted by Gasteiger charge is -2.21. The van der Waals surface area contributed by atoms with Crippen LogP contribution in [0.1, 0.15) is 204 Å². The topological polar surface area (TPSA) is 133 Å². The Bertz CT molecular complexity index is 2570. The van der Waals surface area contributed by atoms with Crippen LogP contribution in [0.25, 0.3) is 0 Å². The highest BCUT2D eigenvalue weighted by Crippen LogP contribution is 2.49. The van der Waals surface area contributed by atoms with Gasteiger partial charge in [-0.3, -0.25) is 9.59 Å². The van der Waals surface area contributed by atoms with Crippen LogP contribution < -0.4 is 23.7 Å². The van der Waals surface area contributed by atoms with Crippen LogP contribution in [0.3, 0.4) is 0 Å². The van der Waals surface area contributed by atoms with Gasteiger partial charge < -0.3 is 33.2 Å². The molecule has 5 aromatic carbocycles. The van der Waals surface area contributed by atoms with Crippen LogP contribution >= 0.6 is 11.6 Å². The number of rotatable bonds is 21. The van der Waals surface area contributed by atoms with Crippen molar-refractivity contribution in [3.63, 3.8) is 0 Å². The zero-order valence-electron chi connectivity index (χ0n) is 45.7. The summed E-state index contributed by atoms with van der Waals surface area (Å²) in [6.07, 6.45) is 7.69. The fourth-order valence-corrected chi connectivity index (χ4v) is 9.57. The molecule has 3 aliphatic carbocycles. The highest BCUT2D eigenvalue weighted by Gasteiger charge is 2.34. The van der Waals surface area contributed by atoms with E-state index in [0.29, 0.717) is 35.5 Å². The van der Waals surface area contributed by atoms with Gasteiger partial charge in [0, 0.05) is 13.8 Å². The van der Waals surface area contributed by atoms with Gasteiger partial charge in [0.15, 0.2) is 6.07 Å². The first-order valence-corrected chi connectivity index (χ1v) is 27.2. The summed E-state index contributed by atoms with van der Waals surface area (Å²) in [5.41, 5.74) is 7.52. The Kier molecular flexibility index (Phi) is 21.2. The van der Waals surface area contributed by atoms with Crippen molar-refractivity contribution in [3.05, 3.63) is 148 Å². The maximum absolute atomic E-state index is 12.5. The number of benzene rings is 5. The molecule has 12 heteroatoms. The Morgan fingerprint density at radius 1 is 0.427 bits per heavy atom. The largest absolute Gasteiger partial charge is 0.477 e. The monoisotopic (exact) mass is 1040 g/mol. The molecular weight excluding hydrogens is 968 g/mol. The van der Waals surface area contributed by atoms with Gasteiger partial charge in [0.25, 0.3) is 0 Å². The molecule has 0 bridgehead atoms. The minimum atomic E-state index is -0.597. The molecule has 0 aromatic heterocycles. The van der Waals surface area contributed by atoms with Crippen molar-refractivity contribution in [2.45, 2.75) is 150 Å². The lowest BCUT2D eigenvalue weighted by atomic mass is 9.90. The zero-order valence-corrected chi connectivity index (χ0v) is 46.5. The van der Waals surface area contributed by atoms with Crippen LogP contribution in [0.2, 0.25) is 0 Å². The predicted molar refractivity (Wildman–Crippen MR) is 294 cm³/mol. The summed E-state index contributed by atoms with van der Waals surface area (Å²) in [4.78, 5) is 47.5. The second-order valence-corrected chi connectivity index (χ2v) is 21.2. The molecule has 0 radical (unpaired) electrons. The van der Waals surface area contributed by atoms with E-state index in [1.807, 2.05) is 0 Å². The van der Waals surface area contributed by atoms with E-state index in [0.717, 1.165) is 45.4 Å². The van der Waals surface area contributed by atoms with Crippen molar-refractivity contribution < 1.29 is 52.3 Å². The lowest BCUT2D eigenvalue weighted by Crippen LogP contribution is -2.15. The van der Waals surface area contributed by atoms with E-state index in [9.17, 15) is 19.2 Å². The number of hydrogen-bond acceptors (Lipinski definition) is 11. The van der Waals surface area contributed by atoms with Crippen LogP contribution in [0.5, 0.6) is 28.7 Å². The SMILES string of the molecule is CC(=O)Oc1ccccc1C(=O)OCOc1c(C(C)C)cccc1[C@H](C)C1CC1.CC(=O)Oc1ccccc1C(=O)OCOc1c(C(C)C)cccc1[C@H](C)C1CC1.CC(C)c1cccc([C@H](C)C2CC2)c1OCCl. The summed E-state index contributed by atoms with van der Waals surface area (Å²) < 4.78 is 38.5. The third-order valence-electron chi connectivity index (χ3n) is 14.3. The third kappa shape index (κ3) is 16.3. The molecule has 0 heterocycles. The Balaban J connectivity index is 0.000000190. The van der Waals surface area contributed by atoms with Gasteiger partial charge in [0.05, 0.1) is 0 Å². The van der Waals surface area contributed by atoms with E-state index in [-0.39, 0.29) is 54.1 Å². The fraction of sp³-hybridized carbons (Fsp3) is 0.460. The van der Waals surface area contributed by atoms with Crippen molar-refractivity contribution >= 4 is 35.5 Å². The fourth-order valence-electron chi connectivity index (χ4n) is 9.46. The van der Waals surface area contributed by atoms with E-state index >= 15 is 0 Å². The zero-order chi connectivity index (χ0) is 54.3. The highest BCUT2D eigenvalue weighted by molar-refractivity contribution is 6.17. The van der Waals surface area contributed by atoms with Crippen LogP contribution in [-0.2, 0) is 19.1 Å². The standard InChI is InChI=1S/2C24H28O5.C15H21ClO/c2*1-15(2)19-9-7-10-20(16(3)18-12-13-18)23(19)27-14-28-24(26)21-8-5-6-11-22(21)29-17(4)25;1-10(2)13-5-4-6-14(15(13)17-9-16)11(3)12-7-8-12/h2*5-11,15-16,18H,12-14H2,1-4H3;4-6,10-12H,7-9H2,1-3H3/t2*16-;11-/m111/s1. The van der Waals surface area contributed by atoms with E-state index in [4.69, 9.17) is 44.8 Å². The van der Waals surface area contributed by atoms with Gasteiger partial charge in [-0.15, -0.1) is 0 Å². The third-order valence-corrected chi connectivity index (χ3v) is 14.4. The van der Waals surface area contributed by atoms with Gasteiger partial charge in [-0.25, -0.2) is 9.59 Å². The maximum Gasteiger partial charge on any atom is 0.344 e. The molecular formula is C63H77ClO11. The van der Waals surface area contributed by atoms with Gasteiger partial charge in [-0.2, -0.15) is 0 Å². The smallest absolute Gasteiger partial charge is 0.344 e. The number of para-hydroxylation sites is 5. The van der Waals surface area contributed by atoms with Gasteiger partial charge in [-0.05, 0) is 149 Å². The van der Waals surface area contributed by atoms with Gasteiger partial charge in [0.2, 0.25) is 13.6 Å².